The van der Waals surface area contributed by atoms with E-state index in [1.54, 1.807) is 0 Å². The lowest BCUT2D eigenvalue weighted by Crippen LogP contribution is -2.46. The minimum atomic E-state index is 0.147. The van der Waals surface area contributed by atoms with Gasteiger partial charge in [-0.15, -0.1) is 0 Å². The zero-order chi connectivity index (χ0) is 13.8. The molecule has 0 spiro atoms. The summed E-state index contributed by atoms with van der Waals surface area (Å²) < 4.78 is 0. The summed E-state index contributed by atoms with van der Waals surface area (Å²) in [6, 6.07) is 11.7. The van der Waals surface area contributed by atoms with Crippen molar-refractivity contribution in [3.63, 3.8) is 0 Å². The average molecular weight is 261 g/mol. The van der Waals surface area contributed by atoms with E-state index in [1.807, 2.05) is 0 Å². The van der Waals surface area contributed by atoms with Crippen LogP contribution in [0.15, 0.2) is 30.3 Å². The van der Waals surface area contributed by atoms with E-state index in [9.17, 15) is 0 Å². The van der Waals surface area contributed by atoms with Gasteiger partial charge in [0.05, 0.1) is 0 Å². The number of nitrogens with zero attached hydrogens (tertiary/aromatic N) is 2. The van der Waals surface area contributed by atoms with Crippen LogP contribution in [0, 0.1) is 0 Å². The van der Waals surface area contributed by atoms with Gasteiger partial charge in [-0.2, -0.15) is 0 Å². The standard InChI is InChI=1S/C16H27N3/c1-13-12-18(3)10-7-11-19(13)16(14(2)17)15-8-5-4-6-9-15/h4-6,8-9,13-14,16H,7,10-12,17H2,1-3H3. The van der Waals surface area contributed by atoms with Crippen LogP contribution in [0.25, 0.3) is 0 Å². The molecular weight excluding hydrogens is 234 g/mol. The first-order valence-corrected chi connectivity index (χ1v) is 7.34. The Morgan fingerprint density at radius 1 is 1.21 bits per heavy atom. The Bertz CT molecular complexity index is 377. The Kier molecular flexibility index (Phi) is 4.97. The van der Waals surface area contributed by atoms with Gasteiger partial charge in [-0.1, -0.05) is 30.3 Å². The van der Waals surface area contributed by atoms with Gasteiger partial charge in [0.15, 0.2) is 0 Å². The molecule has 1 aliphatic heterocycles. The van der Waals surface area contributed by atoms with E-state index in [0.717, 1.165) is 13.1 Å². The molecule has 0 saturated carbocycles. The average Bonchev–Trinajstić information content (AvgIpc) is 2.53. The van der Waals surface area contributed by atoms with Crippen LogP contribution in [0.2, 0.25) is 0 Å². The van der Waals surface area contributed by atoms with E-state index in [2.05, 4.69) is 61.0 Å². The van der Waals surface area contributed by atoms with Crippen molar-refractivity contribution < 1.29 is 0 Å². The summed E-state index contributed by atoms with van der Waals surface area (Å²) in [5, 5.41) is 0. The van der Waals surface area contributed by atoms with Crippen LogP contribution in [-0.2, 0) is 0 Å². The SMILES string of the molecule is CC(N)C(c1ccccc1)N1CCCN(C)CC1C. The Labute approximate surface area is 117 Å². The van der Waals surface area contributed by atoms with E-state index >= 15 is 0 Å². The summed E-state index contributed by atoms with van der Waals surface area (Å²) >= 11 is 0. The maximum atomic E-state index is 6.29. The number of benzene rings is 1. The first-order chi connectivity index (χ1) is 9.09. The highest BCUT2D eigenvalue weighted by Crippen LogP contribution is 2.27. The third-order valence-electron chi connectivity index (χ3n) is 4.09. The van der Waals surface area contributed by atoms with Crippen molar-refractivity contribution in [3.8, 4) is 0 Å². The van der Waals surface area contributed by atoms with Gasteiger partial charge in [0.25, 0.3) is 0 Å². The van der Waals surface area contributed by atoms with Crippen molar-refractivity contribution in [2.45, 2.75) is 38.4 Å². The van der Waals surface area contributed by atoms with E-state index in [0.29, 0.717) is 12.1 Å². The molecule has 0 bridgehead atoms. The first kappa shape index (κ1) is 14.5. The lowest BCUT2D eigenvalue weighted by atomic mass is 9.97. The normalized spacial score (nSPS) is 25.8. The minimum absolute atomic E-state index is 0.147. The number of likely N-dealkylation sites (N-methyl/N-ethyl adjacent to an activating group) is 1. The Morgan fingerprint density at radius 3 is 2.53 bits per heavy atom. The van der Waals surface area contributed by atoms with Crippen molar-refractivity contribution in [2.24, 2.45) is 5.73 Å². The summed E-state index contributed by atoms with van der Waals surface area (Å²) in [4.78, 5) is 5.01. The summed E-state index contributed by atoms with van der Waals surface area (Å²) in [6.07, 6.45) is 1.22. The van der Waals surface area contributed by atoms with Crippen LogP contribution in [0.4, 0.5) is 0 Å². The molecule has 1 heterocycles. The fraction of sp³-hybridized carbons (Fsp3) is 0.625. The molecule has 19 heavy (non-hydrogen) atoms. The highest BCUT2D eigenvalue weighted by molar-refractivity contribution is 5.21. The Morgan fingerprint density at radius 2 is 1.89 bits per heavy atom. The van der Waals surface area contributed by atoms with Gasteiger partial charge < -0.3 is 10.6 Å². The molecule has 1 aliphatic rings. The van der Waals surface area contributed by atoms with Gasteiger partial charge in [0, 0.05) is 31.2 Å². The second-order valence-corrected chi connectivity index (χ2v) is 5.92. The largest absolute Gasteiger partial charge is 0.326 e. The van der Waals surface area contributed by atoms with E-state index in [4.69, 9.17) is 5.73 Å². The molecule has 0 amide bonds. The second-order valence-electron chi connectivity index (χ2n) is 5.92. The molecule has 0 aromatic heterocycles. The lowest BCUT2D eigenvalue weighted by molar-refractivity contribution is 0.127. The number of rotatable bonds is 3. The van der Waals surface area contributed by atoms with E-state index in [-0.39, 0.29) is 6.04 Å². The quantitative estimate of drug-likeness (QED) is 0.904. The maximum Gasteiger partial charge on any atom is 0.0499 e. The molecule has 1 saturated heterocycles. The molecular formula is C16H27N3. The van der Waals surface area contributed by atoms with Gasteiger partial charge in [0.1, 0.15) is 0 Å². The summed E-state index contributed by atoms with van der Waals surface area (Å²) in [5.41, 5.74) is 7.63. The fourth-order valence-corrected chi connectivity index (χ4v) is 3.25. The number of hydrogen-bond donors (Lipinski definition) is 1. The molecule has 106 valence electrons. The van der Waals surface area contributed by atoms with Crippen LogP contribution < -0.4 is 5.73 Å². The summed E-state index contributed by atoms with van der Waals surface area (Å²) in [6.45, 7) is 7.88. The van der Waals surface area contributed by atoms with Gasteiger partial charge in [-0.05, 0) is 39.4 Å². The van der Waals surface area contributed by atoms with Gasteiger partial charge in [-0.3, -0.25) is 4.90 Å². The molecule has 3 unspecified atom stereocenters. The Hall–Kier alpha value is -0.900. The molecule has 3 atom stereocenters. The number of hydrogen-bond acceptors (Lipinski definition) is 3. The third kappa shape index (κ3) is 3.56. The molecule has 3 nitrogen and oxygen atoms in total. The molecule has 0 radical (unpaired) electrons. The second kappa shape index (κ2) is 6.51. The molecule has 1 aromatic carbocycles. The van der Waals surface area contributed by atoms with Crippen LogP contribution in [0.3, 0.4) is 0 Å². The first-order valence-electron chi connectivity index (χ1n) is 7.34. The summed E-state index contributed by atoms with van der Waals surface area (Å²) in [5.74, 6) is 0. The van der Waals surface area contributed by atoms with Crippen molar-refractivity contribution in [1.82, 2.24) is 9.80 Å². The molecule has 0 aliphatic carbocycles. The maximum absolute atomic E-state index is 6.29. The van der Waals surface area contributed by atoms with Gasteiger partial charge >= 0.3 is 0 Å². The molecule has 1 fully saturated rings. The molecule has 1 aromatic rings. The molecule has 3 heteroatoms. The lowest BCUT2D eigenvalue weighted by Gasteiger charge is -2.38. The minimum Gasteiger partial charge on any atom is -0.326 e. The van der Waals surface area contributed by atoms with Gasteiger partial charge in [-0.25, -0.2) is 0 Å². The van der Waals surface area contributed by atoms with Crippen molar-refractivity contribution in [3.05, 3.63) is 35.9 Å². The van der Waals surface area contributed by atoms with E-state index < -0.39 is 0 Å². The van der Waals surface area contributed by atoms with Crippen molar-refractivity contribution in [1.29, 1.82) is 0 Å². The van der Waals surface area contributed by atoms with Crippen LogP contribution in [-0.4, -0.2) is 48.6 Å². The van der Waals surface area contributed by atoms with Crippen LogP contribution in [0.5, 0.6) is 0 Å². The smallest absolute Gasteiger partial charge is 0.0499 e. The highest BCUT2D eigenvalue weighted by Gasteiger charge is 2.29. The third-order valence-corrected chi connectivity index (χ3v) is 4.09. The zero-order valence-electron chi connectivity index (χ0n) is 12.4. The predicted molar refractivity (Wildman–Crippen MR) is 81.1 cm³/mol. The predicted octanol–water partition coefficient (Wildman–Crippen LogP) is 2.10. The highest BCUT2D eigenvalue weighted by atomic mass is 15.3. The van der Waals surface area contributed by atoms with Crippen molar-refractivity contribution >= 4 is 0 Å². The van der Waals surface area contributed by atoms with Crippen LogP contribution in [0.1, 0.15) is 31.9 Å². The van der Waals surface area contributed by atoms with E-state index in [1.165, 1.54) is 18.5 Å². The molecule has 2 N–H and O–H groups in total. The number of nitrogens with two attached hydrogens (primary N) is 1. The fourth-order valence-electron chi connectivity index (χ4n) is 3.25. The van der Waals surface area contributed by atoms with Gasteiger partial charge in [0.2, 0.25) is 0 Å². The topological polar surface area (TPSA) is 32.5 Å². The summed E-state index contributed by atoms with van der Waals surface area (Å²) in [7, 11) is 2.21. The van der Waals surface area contributed by atoms with Crippen molar-refractivity contribution in [2.75, 3.05) is 26.7 Å². The monoisotopic (exact) mass is 261 g/mol. The zero-order valence-corrected chi connectivity index (χ0v) is 12.4. The molecule has 2 rings (SSSR count). The Balaban J connectivity index is 2.23. The van der Waals surface area contributed by atoms with Crippen LogP contribution >= 0.6 is 0 Å².